The second kappa shape index (κ2) is 8.67. The van der Waals surface area contributed by atoms with Crippen molar-refractivity contribution in [1.82, 2.24) is 0 Å². The second-order valence-electron chi connectivity index (χ2n) is 2.80. The third kappa shape index (κ3) is 6.19. The summed E-state index contributed by atoms with van der Waals surface area (Å²) < 4.78 is 0. The van der Waals surface area contributed by atoms with Crippen LogP contribution in [0.5, 0.6) is 0 Å². The van der Waals surface area contributed by atoms with E-state index in [4.69, 9.17) is 0 Å². The Morgan fingerprint density at radius 2 is 1.77 bits per heavy atom. The number of benzene rings is 1. The Morgan fingerprint density at radius 1 is 1.08 bits per heavy atom. The molecule has 0 bridgehead atoms. The molecule has 1 aromatic rings. The van der Waals surface area contributed by atoms with Gasteiger partial charge < -0.3 is 0 Å². The van der Waals surface area contributed by atoms with Crippen LogP contribution in [-0.2, 0) is 6.42 Å². The van der Waals surface area contributed by atoms with Gasteiger partial charge in [-0.15, -0.1) is 0 Å². The Hall–Kier alpha value is 0.0797. The maximum absolute atomic E-state index is 9.77. The fourth-order valence-corrected chi connectivity index (χ4v) is 1.15. The normalized spacial score (nSPS) is 8.92. The average Bonchev–Trinajstić information content (AvgIpc) is 2.14. The third-order valence-corrected chi connectivity index (χ3v) is 1.81. The first-order chi connectivity index (χ1) is 5.93. The molecule has 0 saturated heterocycles. The number of aryl methyl sites for hydroxylation is 1. The van der Waals surface area contributed by atoms with Crippen LogP contribution in [0.4, 0.5) is 0 Å². The van der Waals surface area contributed by atoms with Crippen LogP contribution in [0.2, 0.25) is 0 Å². The van der Waals surface area contributed by atoms with Gasteiger partial charge in [0, 0.05) is 0 Å². The van der Waals surface area contributed by atoms with Gasteiger partial charge in [-0.1, -0.05) is 35.5 Å². The van der Waals surface area contributed by atoms with Crippen LogP contribution in [0.15, 0.2) is 35.5 Å². The summed E-state index contributed by atoms with van der Waals surface area (Å²) in [5.74, 6) is 0. The van der Waals surface area contributed by atoms with Gasteiger partial charge in [-0.3, -0.25) is 0 Å². The van der Waals surface area contributed by atoms with Crippen molar-refractivity contribution in [3.63, 3.8) is 0 Å². The van der Waals surface area contributed by atoms with Crippen LogP contribution >= 0.6 is 0 Å². The number of rotatable bonds is 5. The second-order valence-corrected chi connectivity index (χ2v) is 2.80. The molecule has 0 amide bonds. The van der Waals surface area contributed by atoms with E-state index in [1.54, 1.807) is 0 Å². The molecule has 1 rings (SSSR count). The predicted molar refractivity (Wildman–Crippen MR) is 58.6 cm³/mol. The van der Waals surface area contributed by atoms with Crippen molar-refractivity contribution in [2.45, 2.75) is 19.3 Å². The van der Waals surface area contributed by atoms with Gasteiger partial charge in [-0.05, 0) is 24.8 Å². The van der Waals surface area contributed by atoms with Gasteiger partial charge in [-0.2, -0.15) is 4.91 Å². The minimum atomic E-state index is 0. The van der Waals surface area contributed by atoms with Crippen molar-refractivity contribution in [2.24, 2.45) is 5.18 Å². The van der Waals surface area contributed by atoms with Crippen LogP contribution in [-0.4, -0.2) is 44.3 Å². The Bertz CT molecular complexity index is 226. The molecule has 0 saturated carbocycles. The molecule has 1 aromatic carbocycles. The molecule has 0 fully saturated rings. The van der Waals surface area contributed by atoms with Crippen LogP contribution in [0.25, 0.3) is 0 Å². The van der Waals surface area contributed by atoms with E-state index in [9.17, 15) is 4.91 Å². The van der Waals surface area contributed by atoms with Gasteiger partial charge in [0.15, 0.2) is 0 Å². The van der Waals surface area contributed by atoms with Crippen molar-refractivity contribution in [3.8, 4) is 0 Å². The number of hydrogen-bond donors (Lipinski definition) is 0. The summed E-state index contributed by atoms with van der Waals surface area (Å²) in [5, 5.41) is 2.82. The zero-order valence-electron chi connectivity index (χ0n) is 7.07. The first kappa shape index (κ1) is 13.1. The van der Waals surface area contributed by atoms with Crippen molar-refractivity contribution in [1.29, 1.82) is 0 Å². The van der Waals surface area contributed by atoms with Gasteiger partial charge in [0.05, 0.1) is 6.54 Å². The summed E-state index contributed by atoms with van der Waals surface area (Å²) in [6.45, 7) is 0.451. The molecule has 13 heavy (non-hydrogen) atoms. The van der Waals surface area contributed by atoms with Crippen molar-refractivity contribution < 1.29 is 0 Å². The molecule has 68 valence electrons. The molecule has 0 aliphatic heterocycles. The molecule has 0 spiro atoms. The average molecular weight is 205 g/mol. The summed E-state index contributed by atoms with van der Waals surface area (Å²) in [6.07, 6.45) is 3.00. The van der Waals surface area contributed by atoms with E-state index in [1.165, 1.54) is 5.56 Å². The summed E-state index contributed by atoms with van der Waals surface area (Å²) in [6, 6.07) is 10.3. The number of nitrogens with zero attached hydrogens (tertiary/aromatic N) is 1. The molecular formula is C10H15CaNO. The van der Waals surface area contributed by atoms with Gasteiger partial charge in [0.25, 0.3) is 0 Å². The molecule has 0 atom stereocenters. The SMILES string of the molecule is O=NCCCCc1ccccc1.[CaH2]. The van der Waals surface area contributed by atoms with Gasteiger partial charge in [0.2, 0.25) is 0 Å². The van der Waals surface area contributed by atoms with Crippen molar-refractivity contribution in [2.75, 3.05) is 6.54 Å². The Labute approximate surface area is 109 Å². The maximum atomic E-state index is 9.77. The Morgan fingerprint density at radius 3 is 2.38 bits per heavy atom. The van der Waals surface area contributed by atoms with E-state index >= 15 is 0 Å². The summed E-state index contributed by atoms with van der Waals surface area (Å²) in [5.41, 5.74) is 1.34. The zero-order chi connectivity index (χ0) is 8.65. The molecule has 0 heterocycles. The molecule has 3 heteroatoms. The van der Waals surface area contributed by atoms with Crippen molar-refractivity contribution in [3.05, 3.63) is 40.8 Å². The molecule has 2 nitrogen and oxygen atoms in total. The molecule has 0 aliphatic carbocycles. The summed E-state index contributed by atoms with van der Waals surface area (Å²) in [4.78, 5) is 9.77. The summed E-state index contributed by atoms with van der Waals surface area (Å²) in [7, 11) is 0. The Kier molecular flexibility index (Phi) is 8.72. The van der Waals surface area contributed by atoms with Gasteiger partial charge in [0.1, 0.15) is 0 Å². The number of unbranched alkanes of at least 4 members (excludes halogenated alkanes) is 1. The molecule has 0 N–H and O–H groups in total. The van der Waals surface area contributed by atoms with E-state index < -0.39 is 0 Å². The van der Waals surface area contributed by atoms with Gasteiger partial charge in [-0.25, -0.2) is 0 Å². The predicted octanol–water partition coefficient (Wildman–Crippen LogP) is 1.86. The van der Waals surface area contributed by atoms with E-state index in [0.29, 0.717) is 6.54 Å². The standard InChI is InChI=1S/C10H13NO.Ca.2H/c12-11-9-5-4-8-10-6-2-1-3-7-10;;;/h1-3,6-7H,4-5,8-9H2;;;. The fraction of sp³-hybridized carbons (Fsp3) is 0.400. The quantitative estimate of drug-likeness (QED) is 0.410. The van der Waals surface area contributed by atoms with E-state index in [1.807, 2.05) is 18.2 Å². The molecule has 0 aromatic heterocycles. The molecule has 0 unspecified atom stereocenters. The van der Waals surface area contributed by atoms with E-state index in [0.717, 1.165) is 19.3 Å². The zero-order valence-corrected chi connectivity index (χ0v) is 7.07. The summed E-state index contributed by atoms with van der Waals surface area (Å²) >= 11 is 0. The fourth-order valence-electron chi connectivity index (χ4n) is 1.15. The topological polar surface area (TPSA) is 29.4 Å². The van der Waals surface area contributed by atoms with E-state index in [-0.39, 0.29) is 37.7 Å². The monoisotopic (exact) mass is 205 g/mol. The number of nitroso groups, excluding NO2 is 1. The van der Waals surface area contributed by atoms with E-state index in [2.05, 4.69) is 17.3 Å². The minimum absolute atomic E-state index is 0. The molecule has 0 aliphatic rings. The first-order valence-corrected chi connectivity index (χ1v) is 4.26. The van der Waals surface area contributed by atoms with Crippen LogP contribution in [0, 0.1) is 4.91 Å². The first-order valence-electron chi connectivity index (χ1n) is 4.26. The Balaban J connectivity index is 0.00000144. The van der Waals surface area contributed by atoms with Crippen LogP contribution < -0.4 is 0 Å². The molecular weight excluding hydrogens is 190 g/mol. The number of hydrogen-bond acceptors (Lipinski definition) is 2. The van der Waals surface area contributed by atoms with Gasteiger partial charge >= 0.3 is 37.7 Å². The third-order valence-electron chi connectivity index (χ3n) is 1.81. The van der Waals surface area contributed by atoms with Crippen molar-refractivity contribution >= 4 is 37.7 Å². The van der Waals surface area contributed by atoms with Crippen LogP contribution in [0.1, 0.15) is 18.4 Å². The van der Waals surface area contributed by atoms with Crippen LogP contribution in [0.3, 0.4) is 0 Å². The molecule has 0 radical (unpaired) electrons.